The molecular formula is C25H31N3O4. The van der Waals surface area contributed by atoms with Crippen LogP contribution in [-0.4, -0.2) is 54.6 Å². The van der Waals surface area contributed by atoms with Gasteiger partial charge in [0.25, 0.3) is 0 Å². The van der Waals surface area contributed by atoms with Gasteiger partial charge in [-0.2, -0.15) is 0 Å². The van der Waals surface area contributed by atoms with E-state index in [0.717, 1.165) is 24.0 Å². The summed E-state index contributed by atoms with van der Waals surface area (Å²) >= 11 is 0. The van der Waals surface area contributed by atoms with Crippen LogP contribution >= 0.6 is 0 Å². The zero-order valence-corrected chi connectivity index (χ0v) is 18.8. The summed E-state index contributed by atoms with van der Waals surface area (Å²) in [6.45, 7) is 3.64. The molecule has 2 amide bonds. The Balaban J connectivity index is 1.65. The van der Waals surface area contributed by atoms with E-state index in [9.17, 15) is 9.59 Å². The molecule has 4 rings (SSSR count). The largest absolute Gasteiger partial charge is 0.375 e. The summed E-state index contributed by atoms with van der Waals surface area (Å²) in [7, 11) is 1.54. The van der Waals surface area contributed by atoms with Gasteiger partial charge in [0.05, 0.1) is 18.8 Å². The minimum atomic E-state index is -0.270. The third kappa shape index (κ3) is 4.27. The number of methoxy groups -OCH3 is 1. The number of nitrogens with zero attached hydrogens (tertiary/aromatic N) is 2. The molecule has 1 aliphatic heterocycles. The van der Waals surface area contributed by atoms with E-state index in [1.807, 2.05) is 36.1 Å². The normalized spacial score (nSPS) is 21.4. The Labute approximate surface area is 189 Å². The van der Waals surface area contributed by atoms with Gasteiger partial charge >= 0.3 is 0 Å². The van der Waals surface area contributed by atoms with Crippen molar-refractivity contribution >= 4 is 11.8 Å². The van der Waals surface area contributed by atoms with E-state index in [0.29, 0.717) is 26.1 Å². The van der Waals surface area contributed by atoms with Crippen molar-refractivity contribution < 1.29 is 19.1 Å². The smallest absolute Gasteiger partial charge is 0.248 e. The van der Waals surface area contributed by atoms with Crippen LogP contribution in [-0.2, 0) is 31.1 Å². The Hall–Kier alpha value is -2.77. The number of likely N-dealkylation sites (tertiary alicyclic amines) is 1. The van der Waals surface area contributed by atoms with Gasteiger partial charge in [-0.15, -0.1) is 0 Å². The monoisotopic (exact) mass is 437 g/mol. The molecule has 2 unspecified atom stereocenters. The molecule has 7 heteroatoms. The maximum absolute atomic E-state index is 12.4. The molecule has 32 heavy (non-hydrogen) atoms. The van der Waals surface area contributed by atoms with Crippen molar-refractivity contribution in [3.63, 3.8) is 0 Å². The number of nitrogens with one attached hydrogen (secondary N) is 1. The van der Waals surface area contributed by atoms with Crippen LogP contribution in [0, 0.1) is 0 Å². The number of pyridine rings is 1. The number of benzene rings is 1. The van der Waals surface area contributed by atoms with Crippen molar-refractivity contribution in [3.8, 4) is 0 Å². The van der Waals surface area contributed by atoms with Crippen LogP contribution in [0.4, 0.5) is 0 Å². The van der Waals surface area contributed by atoms with E-state index in [-0.39, 0.29) is 36.0 Å². The average molecular weight is 438 g/mol. The predicted molar refractivity (Wildman–Crippen MR) is 120 cm³/mol. The number of carbonyl (C=O) groups excluding carboxylic acids is 2. The molecule has 0 saturated carbocycles. The van der Waals surface area contributed by atoms with Crippen LogP contribution in [0.1, 0.15) is 48.9 Å². The Morgan fingerprint density at radius 3 is 2.66 bits per heavy atom. The summed E-state index contributed by atoms with van der Waals surface area (Å²) in [6.07, 6.45) is 5.29. The number of hydrogen-bond donors (Lipinski definition) is 1. The van der Waals surface area contributed by atoms with E-state index >= 15 is 0 Å². The lowest BCUT2D eigenvalue weighted by atomic mass is 9.71. The number of piperidine rings is 1. The Bertz CT molecular complexity index is 941. The van der Waals surface area contributed by atoms with Gasteiger partial charge in [-0.05, 0) is 35.6 Å². The van der Waals surface area contributed by atoms with Gasteiger partial charge in [0, 0.05) is 44.4 Å². The molecule has 1 fully saturated rings. The second-order valence-electron chi connectivity index (χ2n) is 8.55. The molecule has 0 radical (unpaired) electrons. The zero-order chi connectivity index (χ0) is 22.6. The van der Waals surface area contributed by atoms with Crippen LogP contribution in [0.15, 0.2) is 48.8 Å². The molecule has 1 saturated heterocycles. The van der Waals surface area contributed by atoms with Crippen LogP contribution in [0.5, 0.6) is 0 Å². The van der Waals surface area contributed by atoms with Gasteiger partial charge in [0.2, 0.25) is 11.8 Å². The lowest BCUT2D eigenvalue weighted by molar-refractivity contribution is -0.138. The standard InChI is InChI=1S/C25H31N3O4/c1-3-21(29)27-23-19-8-4-5-9-20(19)25(10-13-28(14-11-25)22(30)17-31-2)24(23)32-16-18-7-6-12-26-15-18/h4-9,12,15,23-24H,3,10-11,13-14,16-17H2,1-2H3,(H,27,29). The lowest BCUT2D eigenvalue weighted by Gasteiger charge is -2.44. The third-order valence-corrected chi connectivity index (χ3v) is 6.75. The number of rotatable bonds is 7. The van der Waals surface area contributed by atoms with Gasteiger partial charge in [0.15, 0.2) is 0 Å². The molecule has 1 aliphatic carbocycles. The molecule has 2 aromatic rings. The first-order chi connectivity index (χ1) is 15.6. The highest BCUT2D eigenvalue weighted by Crippen LogP contribution is 2.52. The number of hydrogen-bond acceptors (Lipinski definition) is 5. The van der Waals surface area contributed by atoms with Gasteiger partial charge < -0.3 is 19.7 Å². The first-order valence-corrected chi connectivity index (χ1v) is 11.2. The fourth-order valence-electron chi connectivity index (χ4n) is 5.13. The first kappa shape index (κ1) is 22.4. The zero-order valence-electron chi connectivity index (χ0n) is 18.8. The van der Waals surface area contributed by atoms with Gasteiger partial charge in [-0.25, -0.2) is 0 Å². The van der Waals surface area contributed by atoms with E-state index < -0.39 is 0 Å². The molecule has 0 bridgehead atoms. The fourth-order valence-corrected chi connectivity index (χ4v) is 5.13. The Morgan fingerprint density at radius 2 is 1.97 bits per heavy atom. The molecule has 170 valence electrons. The molecule has 1 N–H and O–H groups in total. The topological polar surface area (TPSA) is 80.8 Å². The second kappa shape index (κ2) is 9.79. The summed E-state index contributed by atoms with van der Waals surface area (Å²) < 4.78 is 11.6. The summed E-state index contributed by atoms with van der Waals surface area (Å²) in [5.41, 5.74) is 3.06. The SMILES string of the molecule is CCC(=O)NC1c2ccccc2C2(CCN(C(=O)COC)CC2)C1OCc1cccnc1. The summed E-state index contributed by atoms with van der Waals surface area (Å²) in [5, 5.41) is 3.22. The molecule has 2 atom stereocenters. The summed E-state index contributed by atoms with van der Waals surface area (Å²) in [4.78, 5) is 30.9. The molecule has 1 aromatic carbocycles. The predicted octanol–water partition coefficient (Wildman–Crippen LogP) is 2.75. The quantitative estimate of drug-likeness (QED) is 0.721. The number of fused-ring (bicyclic) bond motifs is 2. The van der Waals surface area contributed by atoms with Crippen molar-refractivity contribution in [1.29, 1.82) is 0 Å². The molecule has 2 heterocycles. The number of ether oxygens (including phenoxy) is 2. The minimum absolute atomic E-state index is 0.00420. The van der Waals surface area contributed by atoms with Crippen molar-refractivity contribution in [3.05, 3.63) is 65.5 Å². The fraction of sp³-hybridized carbons (Fsp3) is 0.480. The average Bonchev–Trinajstić information content (AvgIpc) is 3.07. The highest BCUT2D eigenvalue weighted by molar-refractivity contribution is 5.78. The van der Waals surface area contributed by atoms with Crippen molar-refractivity contribution in [2.24, 2.45) is 0 Å². The molecule has 7 nitrogen and oxygen atoms in total. The first-order valence-electron chi connectivity index (χ1n) is 11.2. The van der Waals surface area contributed by atoms with Crippen molar-refractivity contribution in [2.45, 2.75) is 50.4 Å². The summed E-state index contributed by atoms with van der Waals surface area (Å²) in [6, 6.07) is 12.0. The van der Waals surface area contributed by atoms with E-state index in [1.54, 1.807) is 19.5 Å². The summed E-state index contributed by atoms with van der Waals surface area (Å²) in [5.74, 6) is 0.0156. The van der Waals surface area contributed by atoms with E-state index in [1.165, 1.54) is 5.56 Å². The molecular weight excluding hydrogens is 406 g/mol. The van der Waals surface area contributed by atoms with Crippen LogP contribution < -0.4 is 5.32 Å². The third-order valence-electron chi connectivity index (χ3n) is 6.75. The lowest BCUT2D eigenvalue weighted by Crippen LogP contribution is -2.52. The number of carbonyl (C=O) groups is 2. The van der Waals surface area contributed by atoms with Crippen molar-refractivity contribution in [1.82, 2.24) is 15.2 Å². The Kier molecular flexibility index (Phi) is 6.86. The highest BCUT2D eigenvalue weighted by Gasteiger charge is 2.54. The van der Waals surface area contributed by atoms with Crippen LogP contribution in [0.25, 0.3) is 0 Å². The van der Waals surface area contributed by atoms with Crippen LogP contribution in [0.2, 0.25) is 0 Å². The minimum Gasteiger partial charge on any atom is -0.375 e. The molecule has 1 aromatic heterocycles. The van der Waals surface area contributed by atoms with Crippen LogP contribution in [0.3, 0.4) is 0 Å². The van der Waals surface area contributed by atoms with E-state index in [2.05, 4.69) is 22.4 Å². The molecule has 1 spiro atoms. The second-order valence-corrected chi connectivity index (χ2v) is 8.55. The Morgan fingerprint density at radius 1 is 1.19 bits per heavy atom. The van der Waals surface area contributed by atoms with Gasteiger partial charge in [-0.1, -0.05) is 37.3 Å². The highest BCUT2D eigenvalue weighted by atomic mass is 16.5. The number of aromatic nitrogens is 1. The molecule has 2 aliphatic rings. The van der Waals surface area contributed by atoms with Gasteiger partial charge in [0.1, 0.15) is 6.61 Å². The maximum atomic E-state index is 12.4. The van der Waals surface area contributed by atoms with Gasteiger partial charge in [-0.3, -0.25) is 14.6 Å². The maximum Gasteiger partial charge on any atom is 0.248 e. The van der Waals surface area contributed by atoms with E-state index in [4.69, 9.17) is 9.47 Å². The van der Waals surface area contributed by atoms with Crippen molar-refractivity contribution in [2.75, 3.05) is 26.8 Å². The number of amides is 2.